The molecule has 0 radical (unpaired) electrons. The number of hydrogen-bond donors (Lipinski definition) is 1. The van der Waals surface area contributed by atoms with E-state index in [0.29, 0.717) is 0 Å². The number of halogens is 3. The van der Waals surface area contributed by atoms with Crippen molar-refractivity contribution in [1.29, 1.82) is 0 Å². The zero-order chi connectivity index (χ0) is 10.9. The number of unbranched alkanes of at least 4 members (excludes halogenated alkanes) is 2. The lowest BCUT2D eigenvalue weighted by Crippen LogP contribution is -2.12. The average molecular weight is 211 g/mol. The zero-order valence-corrected chi connectivity index (χ0v) is 8.23. The Bertz CT molecular complexity index is 157. The Morgan fingerprint density at radius 2 is 1.93 bits per heavy atom. The molecule has 0 unspecified atom stereocenters. The van der Waals surface area contributed by atoms with E-state index in [4.69, 9.17) is 0 Å². The van der Waals surface area contributed by atoms with Gasteiger partial charge >= 0.3 is 6.36 Å². The van der Waals surface area contributed by atoms with Crippen LogP contribution in [0.5, 0.6) is 0 Å². The van der Waals surface area contributed by atoms with Crippen LogP contribution in [0.3, 0.4) is 0 Å². The van der Waals surface area contributed by atoms with E-state index in [1.165, 1.54) is 6.08 Å². The first-order valence-corrected chi connectivity index (χ1v) is 4.56. The van der Waals surface area contributed by atoms with E-state index in [-0.39, 0.29) is 0 Å². The lowest BCUT2D eigenvalue weighted by molar-refractivity contribution is -0.319. The van der Waals surface area contributed by atoms with Gasteiger partial charge in [-0.3, -0.25) is 4.74 Å². The van der Waals surface area contributed by atoms with Gasteiger partial charge in [-0.2, -0.15) is 0 Å². The van der Waals surface area contributed by atoms with Crippen LogP contribution in [0.25, 0.3) is 0 Å². The highest BCUT2D eigenvalue weighted by Gasteiger charge is 2.27. The van der Waals surface area contributed by atoms with Crippen LogP contribution in [0.2, 0.25) is 0 Å². The zero-order valence-electron chi connectivity index (χ0n) is 8.23. The van der Waals surface area contributed by atoms with Gasteiger partial charge in [-0.25, -0.2) is 0 Å². The van der Waals surface area contributed by atoms with Crippen molar-refractivity contribution >= 4 is 0 Å². The van der Waals surface area contributed by atoms with Gasteiger partial charge in [0, 0.05) is 0 Å². The number of nitrogens with one attached hydrogen (secondary N) is 1. The molecule has 0 saturated heterocycles. The Morgan fingerprint density at radius 1 is 1.21 bits per heavy atom. The summed E-state index contributed by atoms with van der Waals surface area (Å²) in [5.74, 6) is 0. The first-order valence-electron chi connectivity index (χ1n) is 4.56. The summed E-state index contributed by atoms with van der Waals surface area (Å²) in [5.41, 5.74) is 0. The fourth-order valence-corrected chi connectivity index (χ4v) is 0.892. The molecule has 0 rings (SSSR count). The van der Waals surface area contributed by atoms with Crippen LogP contribution in [0.1, 0.15) is 19.3 Å². The summed E-state index contributed by atoms with van der Waals surface area (Å²) in [4.78, 5) is 0. The number of hydrogen-bond acceptors (Lipinski definition) is 2. The molecule has 84 valence electrons. The van der Waals surface area contributed by atoms with E-state index >= 15 is 0 Å². The highest BCUT2D eigenvalue weighted by molar-refractivity contribution is 4.81. The van der Waals surface area contributed by atoms with Gasteiger partial charge < -0.3 is 5.32 Å². The van der Waals surface area contributed by atoms with Crippen molar-refractivity contribution in [3.63, 3.8) is 0 Å². The maximum atomic E-state index is 11.5. The molecule has 0 aliphatic heterocycles. The second kappa shape index (κ2) is 7.82. The van der Waals surface area contributed by atoms with Crippen molar-refractivity contribution < 1.29 is 17.9 Å². The first-order chi connectivity index (χ1) is 6.56. The number of allylic oxidation sites excluding steroid dienone is 1. The fourth-order valence-electron chi connectivity index (χ4n) is 0.892. The lowest BCUT2D eigenvalue weighted by Gasteiger charge is -2.03. The maximum absolute atomic E-state index is 11.5. The number of alkyl halides is 3. The van der Waals surface area contributed by atoms with E-state index in [1.54, 1.807) is 6.08 Å². The van der Waals surface area contributed by atoms with Crippen LogP contribution in [0, 0.1) is 0 Å². The van der Waals surface area contributed by atoms with Crippen LogP contribution in [-0.4, -0.2) is 26.6 Å². The Labute approximate surface area is 82.1 Å². The molecule has 5 heteroatoms. The molecule has 0 fully saturated rings. The third-order valence-electron chi connectivity index (χ3n) is 1.56. The first kappa shape index (κ1) is 13.4. The molecule has 14 heavy (non-hydrogen) atoms. The normalized spacial score (nSPS) is 12.6. The van der Waals surface area contributed by atoms with E-state index in [2.05, 4.69) is 10.1 Å². The Hall–Kier alpha value is -0.550. The molecule has 0 aliphatic rings. The number of ether oxygens (including phenoxy) is 1. The van der Waals surface area contributed by atoms with Gasteiger partial charge in [0.1, 0.15) is 0 Å². The fraction of sp³-hybridized carbons (Fsp3) is 0.778. The molecule has 0 aromatic heterocycles. The van der Waals surface area contributed by atoms with E-state index in [1.807, 2.05) is 7.05 Å². The van der Waals surface area contributed by atoms with Crippen molar-refractivity contribution in [2.75, 3.05) is 20.2 Å². The molecule has 0 saturated carbocycles. The van der Waals surface area contributed by atoms with Gasteiger partial charge in [0.2, 0.25) is 0 Å². The highest BCUT2D eigenvalue weighted by Crippen LogP contribution is 2.15. The molecule has 0 aromatic carbocycles. The Morgan fingerprint density at radius 3 is 2.50 bits per heavy atom. The smallest absolute Gasteiger partial charge is 0.320 e. The summed E-state index contributed by atoms with van der Waals surface area (Å²) in [5, 5.41) is 2.99. The molecule has 1 N–H and O–H groups in total. The topological polar surface area (TPSA) is 21.3 Å². The maximum Gasteiger partial charge on any atom is 0.522 e. The quantitative estimate of drug-likeness (QED) is 0.516. The lowest BCUT2D eigenvalue weighted by atomic mass is 10.2. The van der Waals surface area contributed by atoms with Gasteiger partial charge in [-0.05, 0) is 32.9 Å². The molecular formula is C9H16F3NO. The summed E-state index contributed by atoms with van der Waals surface area (Å²) in [6.07, 6.45) is 1.39. The average Bonchev–Trinajstić information content (AvgIpc) is 2.08. The van der Waals surface area contributed by atoms with Crippen molar-refractivity contribution in [3.05, 3.63) is 12.2 Å². The summed E-state index contributed by atoms with van der Waals surface area (Å²) < 4.78 is 38.0. The van der Waals surface area contributed by atoms with Crippen molar-refractivity contribution in [1.82, 2.24) is 5.32 Å². The molecule has 2 nitrogen and oxygen atoms in total. The SMILES string of the molecule is CNCCCC/C=C/COC(F)(F)F. The summed E-state index contributed by atoms with van der Waals surface area (Å²) in [7, 11) is 1.87. The van der Waals surface area contributed by atoms with Gasteiger partial charge in [-0.1, -0.05) is 12.2 Å². The third kappa shape index (κ3) is 11.4. The predicted molar refractivity (Wildman–Crippen MR) is 48.9 cm³/mol. The minimum atomic E-state index is -4.52. The van der Waals surface area contributed by atoms with Crippen LogP contribution in [-0.2, 0) is 4.74 Å². The van der Waals surface area contributed by atoms with E-state index < -0.39 is 13.0 Å². The van der Waals surface area contributed by atoms with Gasteiger partial charge in [0.05, 0.1) is 6.61 Å². The standard InChI is InChI=1S/C9H16F3NO/c1-13-7-5-3-2-4-6-8-14-9(10,11)12/h4,6,13H,2-3,5,7-8H2,1H3/b6-4+. The predicted octanol–water partition coefficient (Wildman–Crippen LogP) is 2.47. The van der Waals surface area contributed by atoms with Crippen LogP contribution in [0.15, 0.2) is 12.2 Å². The Balaban J connectivity index is 3.20. The molecular weight excluding hydrogens is 195 g/mol. The summed E-state index contributed by atoms with van der Waals surface area (Å²) in [6, 6.07) is 0. The molecule has 0 aromatic rings. The van der Waals surface area contributed by atoms with Crippen LogP contribution < -0.4 is 5.32 Å². The van der Waals surface area contributed by atoms with Gasteiger partial charge in [-0.15, -0.1) is 13.2 Å². The second-order valence-electron chi connectivity index (χ2n) is 2.83. The van der Waals surface area contributed by atoms with Crippen molar-refractivity contribution in [3.8, 4) is 0 Å². The molecule has 0 bridgehead atoms. The second-order valence-corrected chi connectivity index (χ2v) is 2.83. The minimum Gasteiger partial charge on any atom is -0.320 e. The van der Waals surface area contributed by atoms with E-state index in [0.717, 1.165) is 25.8 Å². The minimum absolute atomic E-state index is 0.393. The molecule has 0 amide bonds. The molecule has 0 spiro atoms. The van der Waals surface area contributed by atoms with Crippen molar-refractivity contribution in [2.45, 2.75) is 25.6 Å². The van der Waals surface area contributed by atoms with Gasteiger partial charge in [0.15, 0.2) is 0 Å². The van der Waals surface area contributed by atoms with Crippen LogP contribution >= 0.6 is 0 Å². The van der Waals surface area contributed by atoms with Crippen molar-refractivity contribution in [2.24, 2.45) is 0 Å². The van der Waals surface area contributed by atoms with Gasteiger partial charge in [0.25, 0.3) is 0 Å². The Kier molecular flexibility index (Phi) is 7.51. The highest BCUT2D eigenvalue weighted by atomic mass is 19.4. The number of rotatable bonds is 7. The molecule has 0 aliphatic carbocycles. The molecule has 0 heterocycles. The summed E-state index contributed by atoms with van der Waals surface area (Å²) >= 11 is 0. The largest absolute Gasteiger partial charge is 0.522 e. The third-order valence-corrected chi connectivity index (χ3v) is 1.56. The molecule has 0 atom stereocenters. The summed E-state index contributed by atoms with van der Waals surface area (Å²) in [6.45, 7) is 0.544. The monoisotopic (exact) mass is 211 g/mol. The van der Waals surface area contributed by atoms with Crippen LogP contribution in [0.4, 0.5) is 13.2 Å². The van der Waals surface area contributed by atoms with E-state index in [9.17, 15) is 13.2 Å².